The Morgan fingerprint density at radius 2 is 1.38 bits per heavy atom. The summed E-state index contributed by atoms with van der Waals surface area (Å²) in [7, 11) is 0. The fourth-order valence-corrected chi connectivity index (χ4v) is 3.14. The molecule has 2 aromatic carbocycles. The smallest absolute Gasteiger partial charge is 0.338 e. The summed E-state index contributed by atoms with van der Waals surface area (Å²) in [5.41, 5.74) is -0.112. The van der Waals surface area contributed by atoms with Crippen molar-refractivity contribution in [3.63, 3.8) is 0 Å². The summed E-state index contributed by atoms with van der Waals surface area (Å²) in [6.07, 6.45) is -6.24. The van der Waals surface area contributed by atoms with E-state index in [1.807, 2.05) is 0 Å². The molecule has 1 aliphatic heterocycles. The third-order valence-electron chi connectivity index (χ3n) is 4.69. The number of hydrogen-bond donors (Lipinski definition) is 0. The molecule has 0 aromatic heterocycles. The van der Waals surface area contributed by atoms with Gasteiger partial charge in [-0.05, 0) is 53.5 Å². The van der Waals surface area contributed by atoms with Crippen LogP contribution in [0.5, 0.6) is 0 Å². The van der Waals surface area contributed by atoms with E-state index in [1.54, 1.807) is 11.0 Å². The summed E-state index contributed by atoms with van der Waals surface area (Å²) >= 11 is 0. The average molecular weight is 413 g/mol. The second-order valence-electron chi connectivity index (χ2n) is 6.78. The first kappa shape index (κ1) is 21.0. The lowest BCUT2D eigenvalue weighted by atomic mass is 10.00. The molecule has 1 heterocycles. The highest BCUT2D eigenvalue weighted by Gasteiger charge is 2.31. The van der Waals surface area contributed by atoms with E-state index in [0.717, 1.165) is 24.3 Å². The topological polar surface area (TPSA) is 20.3 Å². The van der Waals surface area contributed by atoms with Gasteiger partial charge in [-0.25, -0.2) is 0 Å². The predicted octanol–water partition coefficient (Wildman–Crippen LogP) is 5.89. The molecule has 2 aromatic rings. The Balaban J connectivity index is 1.94. The van der Waals surface area contributed by atoms with Crippen LogP contribution in [-0.2, 0) is 17.1 Å². The van der Waals surface area contributed by atoms with E-state index in [0.29, 0.717) is 36.1 Å². The number of likely N-dealkylation sites (tertiary alicyclic amines) is 1. The molecule has 29 heavy (non-hydrogen) atoms. The molecular formula is C21H17F6NO. The summed E-state index contributed by atoms with van der Waals surface area (Å²) in [6.45, 7) is 0.703. The summed E-state index contributed by atoms with van der Waals surface area (Å²) in [6, 6.07) is 8.97. The molecule has 3 rings (SSSR count). The van der Waals surface area contributed by atoms with Crippen LogP contribution in [0.4, 0.5) is 26.3 Å². The van der Waals surface area contributed by atoms with Gasteiger partial charge >= 0.3 is 12.4 Å². The van der Waals surface area contributed by atoms with Gasteiger partial charge in [0.05, 0.1) is 11.1 Å². The van der Waals surface area contributed by atoms with Gasteiger partial charge in [-0.1, -0.05) is 24.3 Å². The Morgan fingerprint density at radius 3 is 1.83 bits per heavy atom. The maximum Gasteiger partial charge on any atom is 0.416 e. The van der Waals surface area contributed by atoms with Crippen molar-refractivity contribution in [2.24, 2.45) is 0 Å². The van der Waals surface area contributed by atoms with Gasteiger partial charge in [-0.3, -0.25) is 4.79 Å². The first-order valence-electron chi connectivity index (χ1n) is 8.87. The van der Waals surface area contributed by atoms with Crippen LogP contribution in [0.25, 0.3) is 11.6 Å². The molecule has 8 heteroatoms. The number of amides is 1. The van der Waals surface area contributed by atoms with Crippen LogP contribution in [0.1, 0.15) is 35.1 Å². The Bertz CT molecular complexity index is 895. The zero-order valence-corrected chi connectivity index (χ0v) is 15.1. The summed E-state index contributed by atoms with van der Waals surface area (Å²) < 4.78 is 76.7. The summed E-state index contributed by atoms with van der Waals surface area (Å²) in [5.74, 6) is -0.0600. The van der Waals surface area contributed by atoms with Crippen LogP contribution < -0.4 is 0 Å². The fraction of sp³-hybridized carbons (Fsp3) is 0.286. The number of carbonyl (C=O) groups excluding carboxylic acids is 1. The highest BCUT2D eigenvalue weighted by atomic mass is 19.4. The number of carbonyl (C=O) groups is 1. The Labute approximate surface area is 163 Å². The zero-order chi connectivity index (χ0) is 21.2. The van der Waals surface area contributed by atoms with Gasteiger partial charge in [0.15, 0.2) is 0 Å². The fourth-order valence-electron chi connectivity index (χ4n) is 3.14. The molecule has 0 N–H and O–H groups in total. The van der Waals surface area contributed by atoms with Gasteiger partial charge in [0.2, 0.25) is 5.91 Å². The lowest BCUT2D eigenvalue weighted by Crippen LogP contribution is -2.26. The molecule has 1 fully saturated rings. The molecule has 1 saturated heterocycles. The second-order valence-corrected chi connectivity index (χ2v) is 6.78. The average Bonchev–Trinajstić information content (AvgIpc) is 3.05. The minimum absolute atomic E-state index is 0.0600. The molecule has 2 nitrogen and oxygen atoms in total. The van der Waals surface area contributed by atoms with Crippen LogP contribution in [0.2, 0.25) is 0 Å². The zero-order valence-electron chi connectivity index (χ0n) is 15.1. The molecule has 0 spiro atoms. The standard InChI is InChI=1S/C21H17F6NO/c22-20(23,24)17-7-3-14(4-8-17)12-16(13-28-11-1-2-19(28)29)15-5-9-18(10-6-15)21(25,26)27/h3-10,12H,1-2,11,13H2/b16-12-. The van der Waals surface area contributed by atoms with Crippen molar-refractivity contribution in [3.8, 4) is 0 Å². The molecule has 0 bridgehead atoms. The number of halogens is 6. The van der Waals surface area contributed by atoms with Gasteiger partial charge in [0.1, 0.15) is 0 Å². The minimum atomic E-state index is -4.47. The summed E-state index contributed by atoms with van der Waals surface area (Å²) in [4.78, 5) is 13.5. The lowest BCUT2D eigenvalue weighted by Gasteiger charge is -2.19. The quantitative estimate of drug-likeness (QED) is 0.452. The third-order valence-corrected chi connectivity index (χ3v) is 4.69. The molecule has 154 valence electrons. The maximum absolute atomic E-state index is 12.8. The van der Waals surface area contributed by atoms with E-state index < -0.39 is 23.5 Å². The number of alkyl halides is 6. The van der Waals surface area contributed by atoms with E-state index in [9.17, 15) is 31.1 Å². The van der Waals surface area contributed by atoms with Crippen LogP contribution >= 0.6 is 0 Å². The number of hydrogen-bond acceptors (Lipinski definition) is 1. The van der Waals surface area contributed by atoms with Crippen molar-refractivity contribution in [3.05, 3.63) is 70.8 Å². The lowest BCUT2D eigenvalue weighted by molar-refractivity contribution is -0.138. The van der Waals surface area contributed by atoms with E-state index in [4.69, 9.17) is 0 Å². The van der Waals surface area contributed by atoms with Gasteiger partial charge in [0, 0.05) is 19.5 Å². The van der Waals surface area contributed by atoms with Crippen molar-refractivity contribution in [1.82, 2.24) is 4.90 Å². The normalized spacial score (nSPS) is 15.9. The Morgan fingerprint density at radius 1 is 0.862 bits per heavy atom. The second kappa shape index (κ2) is 7.93. The van der Waals surface area contributed by atoms with Crippen molar-refractivity contribution >= 4 is 17.6 Å². The highest BCUT2D eigenvalue weighted by molar-refractivity contribution is 5.86. The number of rotatable bonds is 4. The van der Waals surface area contributed by atoms with Gasteiger partial charge in [-0.2, -0.15) is 26.3 Å². The molecular weight excluding hydrogens is 396 g/mol. The molecule has 1 amide bonds. The SMILES string of the molecule is O=C1CCCN1C/C(=C/c1ccc(C(F)(F)F)cc1)c1ccc(C(F)(F)F)cc1. The monoisotopic (exact) mass is 413 g/mol. The molecule has 0 unspecified atom stereocenters. The molecule has 0 aliphatic carbocycles. The number of benzene rings is 2. The Hall–Kier alpha value is -2.77. The maximum atomic E-state index is 12.8. The van der Waals surface area contributed by atoms with Crippen molar-refractivity contribution in [2.45, 2.75) is 25.2 Å². The van der Waals surface area contributed by atoms with Crippen LogP contribution in [-0.4, -0.2) is 23.9 Å². The largest absolute Gasteiger partial charge is 0.416 e. The van der Waals surface area contributed by atoms with Crippen LogP contribution in [0.3, 0.4) is 0 Å². The first-order valence-corrected chi connectivity index (χ1v) is 8.87. The van der Waals surface area contributed by atoms with E-state index in [-0.39, 0.29) is 12.5 Å². The molecule has 0 radical (unpaired) electrons. The van der Waals surface area contributed by atoms with E-state index in [1.165, 1.54) is 24.3 Å². The summed E-state index contributed by atoms with van der Waals surface area (Å²) in [5, 5.41) is 0. The van der Waals surface area contributed by atoms with Crippen molar-refractivity contribution < 1.29 is 31.1 Å². The minimum Gasteiger partial charge on any atom is -0.338 e. The van der Waals surface area contributed by atoms with Crippen LogP contribution in [0.15, 0.2) is 48.5 Å². The molecule has 1 aliphatic rings. The highest BCUT2D eigenvalue weighted by Crippen LogP contribution is 2.32. The van der Waals surface area contributed by atoms with Crippen molar-refractivity contribution in [2.75, 3.05) is 13.1 Å². The first-order chi connectivity index (χ1) is 13.5. The van der Waals surface area contributed by atoms with Gasteiger partial charge < -0.3 is 4.90 Å². The predicted molar refractivity (Wildman–Crippen MR) is 96.6 cm³/mol. The van der Waals surface area contributed by atoms with Gasteiger partial charge in [0.25, 0.3) is 0 Å². The van der Waals surface area contributed by atoms with Gasteiger partial charge in [-0.15, -0.1) is 0 Å². The Kier molecular flexibility index (Phi) is 5.73. The molecule has 0 atom stereocenters. The van der Waals surface area contributed by atoms with E-state index >= 15 is 0 Å². The van der Waals surface area contributed by atoms with E-state index in [2.05, 4.69) is 0 Å². The van der Waals surface area contributed by atoms with Crippen molar-refractivity contribution in [1.29, 1.82) is 0 Å². The number of nitrogens with zero attached hydrogens (tertiary/aromatic N) is 1. The third kappa shape index (κ3) is 5.19. The molecule has 0 saturated carbocycles. The van der Waals surface area contributed by atoms with Crippen LogP contribution in [0, 0.1) is 0 Å².